The average Bonchev–Trinajstić information content (AvgIpc) is 3.00. The zero-order chi connectivity index (χ0) is 25.5. The quantitative estimate of drug-likeness (QED) is 0.180. The average molecular weight is 506 g/mol. The van der Waals surface area contributed by atoms with E-state index in [0.29, 0.717) is 0 Å². The number of aromatic nitrogens is 1. The van der Waals surface area contributed by atoms with Crippen LogP contribution in [0.3, 0.4) is 0 Å². The van der Waals surface area contributed by atoms with Crippen molar-refractivity contribution in [1.82, 2.24) is 4.98 Å². The molecular weight excluding hydrogens is 481 g/mol. The molecule has 38 heavy (non-hydrogen) atoms. The normalized spacial score (nSPS) is 13.1. The molecule has 0 amide bonds. The Morgan fingerprint density at radius 2 is 1.03 bits per heavy atom. The molecular formula is C35H24NOP. The highest BCUT2D eigenvalue weighted by atomic mass is 31.2. The van der Waals surface area contributed by atoms with Crippen molar-refractivity contribution in [2.75, 3.05) is 0 Å². The lowest BCUT2D eigenvalue weighted by Crippen LogP contribution is -2.25. The van der Waals surface area contributed by atoms with E-state index in [4.69, 9.17) is 4.98 Å². The standard InChI is InChI=1S/C35H24NOP/c37-38(30-11-2-1-3-12-30,32-22-16-25-8-4-5-10-29(25)24-32)31-20-17-27(18-21-31)34-23-19-28-15-14-26-9-6-7-13-33(26)35(28)36-34/h1-24H. The van der Waals surface area contributed by atoms with Crippen LogP contribution in [-0.4, -0.2) is 4.98 Å². The molecule has 0 N–H and O–H groups in total. The van der Waals surface area contributed by atoms with Gasteiger partial charge in [-0.1, -0.05) is 133 Å². The van der Waals surface area contributed by atoms with Crippen molar-refractivity contribution in [2.45, 2.75) is 0 Å². The molecule has 7 aromatic rings. The molecule has 0 saturated heterocycles. The fraction of sp³-hybridized carbons (Fsp3) is 0. The molecule has 0 saturated carbocycles. The first kappa shape index (κ1) is 22.7. The van der Waals surface area contributed by atoms with Crippen molar-refractivity contribution in [3.63, 3.8) is 0 Å². The topological polar surface area (TPSA) is 30.0 Å². The Morgan fingerprint density at radius 3 is 1.84 bits per heavy atom. The minimum atomic E-state index is -3.08. The van der Waals surface area contributed by atoms with Gasteiger partial charge in [-0.25, -0.2) is 4.98 Å². The summed E-state index contributed by atoms with van der Waals surface area (Å²) in [4.78, 5) is 5.05. The van der Waals surface area contributed by atoms with Gasteiger partial charge in [0.2, 0.25) is 0 Å². The van der Waals surface area contributed by atoms with E-state index in [0.717, 1.165) is 54.2 Å². The van der Waals surface area contributed by atoms with Crippen molar-refractivity contribution in [3.8, 4) is 11.3 Å². The highest BCUT2D eigenvalue weighted by Gasteiger charge is 2.30. The van der Waals surface area contributed by atoms with Gasteiger partial charge < -0.3 is 4.57 Å². The zero-order valence-corrected chi connectivity index (χ0v) is 21.6. The molecule has 0 fully saturated rings. The second-order valence-corrected chi connectivity index (χ2v) is 12.3. The summed E-state index contributed by atoms with van der Waals surface area (Å²) in [5.74, 6) is 0. The molecule has 6 aromatic carbocycles. The molecule has 2 nitrogen and oxygen atoms in total. The summed E-state index contributed by atoms with van der Waals surface area (Å²) in [6.07, 6.45) is 0. The van der Waals surface area contributed by atoms with Crippen molar-refractivity contribution in [2.24, 2.45) is 0 Å². The minimum Gasteiger partial charge on any atom is -0.309 e. The summed E-state index contributed by atoms with van der Waals surface area (Å²) in [6, 6.07) is 49.1. The molecule has 1 atom stereocenters. The third-order valence-corrected chi connectivity index (χ3v) is 10.4. The van der Waals surface area contributed by atoms with Crippen molar-refractivity contribution in [3.05, 3.63) is 146 Å². The Labute approximate surface area is 221 Å². The fourth-order valence-corrected chi connectivity index (χ4v) is 7.98. The van der Waals surface area contributed by atoms with E-state index in [2.05, 4.69) is 72.8 Å². The van der Waals surface area contributed by atoms with E-state index in [1.54, 1.807) is 0 Å². The van der Waals surface area contributed by atoms with Crippen LogP contribution >= 0.6 is 7.14 Å². The predicted molar refractivity (Wildman–Crippen MR) is 162 cm³/mol. The molecule has 3 heteroatoms. The van der Waals surface area contributed by atoms with Crippen LogP contribution in [0.2, 0.25) is 0 Å². The fourth-order valence-electron chi connectivity index (χ4n) is 5.32. The number of hydrogen-bond donors (Lipinski definition) is 0. The van der Waals surface area contributed by atoms with E-state index < -0.39 is 7.14 Å². The van der Waals surface area contributed by atoms with Gasteiger partial charge in [0.1, 0.15) is 0 Å². The Morgan fingerprint density at radius 1 is 0.447 bits per heavy atom. The summed E-state index contributed by atoms with van der Waals surface area (Å²) in [5.41, 5.74) is 2.90. The molecule has 180 valence electrons. The zero-order valence-electron chi connectivity index (χ0n) is 20.7. The third kappa shape index (κ3) is 3.74. The first-order valence-electron chi connectivity index (χ1n) is 12.7. The van der Waals surface area contributed by atoms with Gasteiger partial charge in [0.25, 0.3) is 0 Å². The number of benzene rings is 6. The van der Waals surface area contributed by atoms with Gasteiger partial charge in [0.05, 0.1) is 11.2 Å². The molecule has 7 rings (SSSR count). The van der Waals surface area contributed by atoms with E-state index in [-0.39, 0.29) is 0 Å². The monoisotopic (exact) mass is 505 g/mol. The number of fused-ring (bicyclic) bond motifs is 4. The summed E-state index contributed by atoms with van der Waals surface area (Å²) in [7, 11) is -3.08. The summed E-state index contributed by atoms with van der Waals surface area (Å²) in [6.45, 7) is 0. The highest BCUT2D eigenvalue weighted by Crippen LogP contribution is 2.43. The molecule has 0 aliphatic rings. The van der Waals surface area contributed by atoms with E-state index in [1.807, 2.05) is 72.8 Å². The first-order valence-corrected chi connectivity index (χ1v) is 14.5. The van der Waals surface area contributed by atoms with Gasteiger partial charge >= 0.3 is 0 Å². The SMILES string of the molecule is O=P(c1ccccc1)(c1ccc(-c2ccc3ccc4ccccc4c3n2)cc1)c1ccc2ccccc2c1. The van der Waals surface area contributed by atoms with Crippen LogP contribution in [0.1, 0.15) is 0 Å². The number of hydrogen-bond acceptors (Lipinski definition) is 2. The number of pyridine rings is 1. The molecule has 0 radical (unpaired) electrons. The Bertz CT molecular complexity index is 2000. The van der Waals surface area contributed by atoms with Crippen LogP contribution in [0.4, 0.5) is 0 Å². The molecule has 0 aliphatic carbocycles. The minimum absolute atomic E-state index is 0.814. The second kappa shape index (κ2) is 9.10. The van der Waals surface area contributed by atoms with Crippen LogP contribution in [0.15, 0.2) is 146 Å². The van der Waals surface area contributed by atoms with E-state index >= 15 is 4.57 Å². The van der Waals surface area contributed by atoms with Gasteiger partial charge in [0, 0.05) is 32.2 Å². The van der Waals surface area contributed by atoms with Crippen LogP contribution in [0, 0.1) is 0 Å². The van der Waals surface area contributed by atoms with Crippen molar-refractivity contribution < 1.29 is 4.57 Å². The van der Waals surface area contributed by atoms with Crippen LogP contribution < -0.4 is 15.9 Å². The summed E-state index contributed by atoms with van der Waals surface area (Å²) in [5, 5.41) is 8.16. The van der Waals surface area contributed by atoms with Crippen molar-refractivity contribution in [1.29, 1.82) is 0 Å². The predicted octanol–water partition coefficient (Wildman–Crippen LogP) is 7.85. The van der Waals surface area contributed by atoms with Gasteiger partial charge in [-0.3, -0.25) is 0 Å². The highest BCUT2D eigenvalue weighted by molar-refractivity contribution is 7.85. The van der Waals surface area contributed by atoms with Crippen LogP contribution in [0.25, 0.3) is 43.7 Å². The van der Waals surface area contributed by atoms with Crippen LogP contribution in [0.5, 0.6) is 0 Å². The van der Waals surface area contributed by atoms with E-state index in [9.17, 15) is 0 Å². The Hall–Kier alpha value is -4.52. The number of rotatable bonds is 4. The molecule has 1 unspecified atom stereocenters. The second-order valence-electron chi connectivity index (χ2n) is 9.58. The van der Waals surface area contributed by atoms with Gasteiger partial charge in [0.15, 0.2) is 7.14 Å². The van der Waals surface area contributed by atoms with Gasteiger partial charge in [-0.15, -0.1) is 0 Å². The molecule has 1 heterocycles. The molecule has 0 aliphatic heterocycles. The third-order valence-electron chi connectivity index (χ3n) is 7.33. The largest absolute Gasteiger partial charge is 0.309 e. The maximum atomic E-state index is 15.0. The maximum absolute atomic E-state index is 15.0. The maximum Gasteiger partial charge on any atom is 0.171 e. The Balaban J connectivity index is 1.36. The van der Waals surface area contributed by atoms with Gasteiger partial charge in [-0.05, 0) is 28.3 Å². The first-order chi connectivity index (χ1) is 18.7. The lowest BCUT2D eigenvalue weighted by Gasteiger charge is -2.21. The number of nitrogens with zero attached hydrogens (tertiary/aromatic N) is 1. The molecule has 0 bridgehead atoms. The lowest BCUT2D eigenvalue weighted by molar-refractivity contribution is 0.592. The molecule has 1 aromatic heterocycles. The van der Waals surface area contributed by atoms with Gasteiger partial charge in [-0.2, -0.15) is 0 Å². The Kier molecular flexibility index (Phi) is 5.43. The lowest BCUT2D eigenvalue weighted by atomic mass is 10.0. The van der Waals surface area contributed by atoms with Crippen molar-refractivity contribution >= 4 is 55.5 Å². The molecule has 0 spiro atoms. The summed E-state index contributed by atoms with van der Waals surface area (Å²) < 4.78 is 15.0. The van der Waals surface area contributed by atoms with E-state index in [1.165, 1.54) is 5.39 Å². The smallest absolute Gasteiger partial charge is 0.171 e. The summed E-state index contributed by atoms with van der Waals surface area (Å²) >= 11 is 0. The van der Waals surface area contributed by atoms with Crippen LogP contribution in [-0.2, 0) is 4.57 Å².